The fourth-order valence-electron chi connectivity index (χ4n) is 3.17. The first-order valence-electron chi connectivity index (χ1n) is 8.48. The Labute approximate surface area is 136 Å². The lowest BCUT2D eigenvalue weighted by molar-refractivity contribution is 0.0801. The lowest BCUT2D eigenvalue weighted by Crippen LogP contribution is -2.44. The normalized spacial score (nSPS) is 15.7. The van der Waals surface area contributed by atoms with Gasteiger partial charge in [0, 0.05) is 42.9 Å². The minimum atomic E-state index is -0.0778. The minimum Gasteiger partial charge on any atom is -0.381 e. The van der Waals surface area contributed by atoms with E-state index in [0.717, 1.165) is 38.9 Å². The van der Waals surface area contributed by atoms with Crippen LogP contribution in [0.3, 0.4) is 0 Å². The zero-order chi connectivity index (χ0) is 16.1. The summed E-state index contributed by atoms with van der Waals surface area (Å²) in [4.78, 5) is 15.3. The summed E-state index contributed by atoms with van der Waals surface area (Å²) >= 11 is 0. The first-order valence-corrected chi connectivity index (χ1v) is 8.48. The third-order valence-corrected chi connectivity index (χ3v) is 4.50. The number of para-hydroxylation sites is 1. The molecule has 124 valence electrons. The first kappa shape index (κ1) is 15.9. The second-order valence-electron chi connectivity index (χ2n) is 6.04. The molecule has 23 heavy (non-hydrogen) atoms. The number of ether oxygens (including phenoxy) is 1. The maximum atomic E-state index is 11.9. The molecule has 5 nitrogen and oxygen atoms in total. The summed E-state index contributed by atoms with van der Waals surface area (Å²) in [6.07, 6.45) is 5.70. The van der Waals surface area contributed by atoms with Gasteiger partial charge in [0.15, 0.2) is 0 Å². The number of fused-ring (bicyclic) bond motifs is 1. The predicted molar refractivity (Wildman–Crippen MR) is 91.8 cm³/mol. The van der Waals surface area contributed by atoms with E-state index < -0.39 is 0 Å². The number of hydrogen-bond acceptors (Lipinski definition) is 2. The standard InChI is InChI=1S/C18H25N3O2/c1-2-13-4-3-5-16-14(12-20-17(13)16)6-9-19-18(22)21-15-7-10-23-11-8-15/h3-5,12,15,20H,2,6-11H2,1H3,(H2,19,21,22). The highest BCUT2D eigenvalue weighted by molar-refractivity contribution is 5.86. The number of aromatic nitrogens is 1. The van der Waals surface area contributed by atoms with Crippen LogP contribution in [0.5, 0.6) is 0 Å². The van der Waals surface area contributed by atoms with Gasteiger partial charge >= 0.3 is 6.03 Å². The van der Waals surface area contributed by atoms with E-state index in [-0.39, 0.29) is 12.1 Å². The predicted octanol–water partition coefficient (Wildman–Crippen LogP) is 2.75. The molecule has 1 aromatic carbocycles. The number of aryl methyl sites for hydroxylation is 1. The molecule has 3 rings (SSSR count). The van der Waals surface area contributed by atoms with Gasteiger partial charge in [-0.05, 0) is 36.8 Å². The van der Waals surface area contributed by atoms with Crippen LogP contribution < -0.4 is 10.6 Å². The molecule has 2 amide bonds. The SMILES string of the molecule is CCc1cccc2c(CCNC(=O)NC3CCOCC3)c[nH]c12. The molecule has 1 aliphatic heterocycles. The fourth-order valence-corrected chi connectivity index (χ4v) is 3.17. The van der Waals surface area contributed by atoms with Gasteiger partial charge in [-0.15, -0.1) is 0 Å². The highest BCUT2D eigenvalue weighted by Gasteiger charge is 2.15. The Hall–Kier alpha value is -2.01. The van der Waals surface area contributed by atoms with Crippen molar-refractivity contribution < 1.29 is 9.53 Å². The second kappa shape index (κ2) is 7.51. The molecule has 0 radical (unpaired) electrons. The number of hydrogen-bond donors (Lipinski definition) is 3. The molecule has 0 spiro atoms. The van der Waals surface area contributed by atoms with Gasteiger partial charge in [-0.25, -0.2) is 4.79 Å². The number of H-pyrrole nitrogens is 1. The second-order valence-corrected chi connectivity index (χ2v) is 6.04. The van der Waals surface area contributed by atoms with E-state index in [0.29, 0.717) is 6.54 Å². The van der Waals surface area contributed by atoms with Crippen LogP contribution in [0.2, 0.25) is 0 Å². The van der Waals surface area contributed by atoms with Gasteiger partial charge < -0.3 is 20.4 Å². The summed E-state index contributed by atoms with van der Waals surface area (Å²) in [6, 6.07) is 6.56. The number of rotatable bonds is 5. The van der Waals surface area contributed by atoms with Crippen molar-refractivity contribution in [2.75, 3.05) is 19.8 Å². The Morgan fingerprint density at radius 1 is 1.30 bits per heavy atom. The lowest BCUT2D eigenvalue weighted by Gasteiger charge is -2.23. The molecule has 0 bridgehead atoms. The Kier molecular flexibility index (Phi) is 5.18. The molecule has 3 N–H and O–H groups in total. The maximum absolute atomic E-state index is 11.9. The molecular formula is C18H25N3O2. The topological polar surface area (TPSA) is 66.2 Å². The van der Waals surface area contributed by atoms with Crippen molar-refractivity contribution in [3.8, 4) is 0 Å². The zero-order valence-electron chi connectivity index (χ0n) is 13.7. The monoisotopic (exact) mass is 315 g/mol. The van der Waals surface area contributed by atoms with Crippen molar-refractivity contribution in [1.29, 1.82) is 0 Å². The van der Waals surface area contributed by atoms with Crippen molar-refractivity contribution in [3.63, 3.8) is 0 Å². The molecule has 0 aliphatic carbocycles. The van der Waals surface area contributed by atoms with E-state index in [9.17, 15) is 4.79 Å². The zero-order valence-corrected chi connectivity index (χ0v) is 13.7. The average molecular weight is 315 g/mol. The summed E-state index contributed by atoms with van der Waals surface area (Å²) in [5, 5.41) is 7.23. The molecular weight excluding hydrogens is 290 g/mol. The van der Waals surface area contributed by atoms with Gasteiger partial charge in [-0.3, -0.25) is 0 Å². The number of carbonyl (C=O) groups excluding carboxylic acids is 1. The maximum Gasteiger partial charge on any atom is 0.315 e. The van der Waals surface area contributed by atoms with Crippen LogP contribution in [0.15, 0.2) is 24.4 Å². The lowest BCUT2D eigenvalue weighted by atomic mass is 10.1. The molecule has 1 fully saturated rings. The minimum absolute atomic E-state index is 0.0778. The number of benzene rings is 1. The smallest absolute Gasteiger partial charge is 0.315 e. The van der Waals surface area contributed by atoms with Crippen LogP contribution in [-0.4, -0.2) is 36.8 Å². The molecule has 0 atom stereocenters. The van der Waals surface area contributed by atoms with E-state index in [2.05, 4.69) is 46.9 Å². The summed E-state index contributed by atoms with van der Waals surface area (Å²) < 4.78 is 5.30. The number of carbonyl (C=O) groups is 1. The molecule has 1 aromatic heterocycles. The molecule has 0 saturated carbocycles. The van der Waals surface area contributed by atoms with Crippen LogP contribution in [0.4, 0.5) is 4.79 Å². The van der Waals surface area contributed by atoms with Gasteiger partial charge in [0.25, 0.3) is 0 Å². The van der Waals surface area contributed by atoms with Crippen LogP contribution in [-0.2, 0) is 17.6 Å². The van der Waals surface area contributed by atoms with Crippen LogP contribution >= 0.6 is 0 Å². The largest absolute Gasteiger partial charge is 0.381 e. The van der Waals surface area contributed by atoms with Crippen molar-refractivity contribution in [2.45, 2.75) is 38.6 Å². The fraction of sp³-hybridized carbons (Fsp3) is 0.500. The molecule has 0 unspecified atom stereocenters. The van der Waals surface area contributed by atoms with E-state index in [1.165, 1.54) is 22.0 Å². The number of amides is 2. The highest BCUT2D eigenvalue weighted by atomic mass is 16.5. The summed E-state index contributed by atoms with van der Waals surface area (Å²) in [5.41, 5.74) is 3.80. The molecule has 2 heterocycles. The van der Waals surface area contributed by atoms with E-state index in [1.54, 1.807) is 0 Å². The van der Waals surface area contributed by atoms with Gasteiger partial charge in [-0.1, -0.05) is 25.1 Å². The van der Waals surface area contributed by atoms with Crippen LogP contribution in [0, 0.1) is 0 Å². The first-order chi connectivity index (χ1) is 11.3. The number of aromatic amines is 1. The van der Waals surface area contributed by atoms with Crippen molar-refractivity contribution in [1.82, 2.24) is 15.6 Å². The summed E-state index contributed by atoms with van der Waals surface area (Å²) in [5.74, 6) is 0. The number of nitrogens with one attached hydrogen (secondary N) is 3. The van der Waals surface area contributed by atoms with Gasteiger partial charge in [0.2, 0.25) is 0 Å². The number of urea groups is 1. The van der Waals surface area contributed by atoms with Crippen LogP contribution in [0.1, 0.15) is 30.9 Å². The Balaban J connectivity index is 1.51. The summed E-state index contributed by atoms with van der Waals surface area (Å²) in [7, 11) is 0. The van der Waals surface area contributed by atoms with Gasteiger partial charge in [-0.2, -0.15) is 0 Å². The average Bonchev–Trinajstić information content (AvgIpc) is 2.99. The molecule has 1 saturated heterocycles. The third kappa shape index (κ3) is 3.85. The molecule has 1 aliphatic rings. The quantitative estimate of drug-likeness (QED) is 0.794. The Morgan fingerprint density at radius 3 is 2.91 bits per heavy atom. The summed E-state index contributed by atoms with van der Waals surface area (Å²) in [6.45, 7) is 4.27. The van der Waals surface area contributed by atoms with E-state index in [4.69, 9.17) is 4.74 Å². The molecule has 2 aromatic rings. The molecule has 5 heteroatoms. The highest BCUT2D eigenvalue weighted by Crippen LogP contribution is 2.22. The van der Waals surface area contributed by atoms with E-state index in [1.807, 2.05) is 0 Å². The third-order valence-electron chi connectivity index (χ3n) is 4.50. The van der Waals surface area contributed by atoms with Crippen molar-refractivity contribution in [3.05, 3.63) is 35.5 Å². The Morgan fingerprint density at radius 2 is 2.13 bits per heavy atom. The van der Waals surface area contributed by atoms with Gasteiger partial charge in [0.1, 0.15) is 0 Å². The van der Waals surface area contributed by atoms with Crippen molar-refractivity contribution >= 4 is 16.9 Å². The van der Waals surface area contributed by atoms with E-state index >= 15 is 0 Å². The van der Waals surface area contributed by atoms with Gasteiger partial charge in [0.05, 0.1) is 0 Å². The van der Waals surface area contributed by atoms with Crippen LogP contribution in [0.25, 0.3) is 10.9 Å². The Bertz CT molecular complexity index is 659. The van der Waals surface area contributed by atoms with Crippen molar-refractivity contribution in [2.24, 2.45) is 0 Å².